The molecule has 0 spiro atoms. The van der Waals surface area contributed by atoms with Crippen molar-refractivity contribution in [1.29, 1.82) is 0 Å². The van der Waals surface area contributed by atoms with Crippen LogP contribution in [-0.4, -0.2) is 60.5 Å². The minimum absolute atomic E-state index is 0.0171. The van der Waals surface area contributed by atoms with Crippen LogP contribution in [0.3, 0.4) is 0 Å². The molecule has 0 radical (unpaired) electrons. The molecule has 1 N–H and O–H groups in total. The fourth-order valence-electron chi connectivity index (χ4n) is 3.24. The van der Waals surface area contributed by atoms with Gasteiger partial charge in [0.25, 0.3) is 0 Å². The van der Waals surface area contributed by atoms with Crippen molar-refractivity contribution in [2.75, 3.05) is 23.0 Å². The third-order valence-corrected chi connectivity index (χ3v) is 8.08. The van der Waals surface area contributed by atoms with Crippen molar-refractivity contribution in [3.05, 3.63) is 28.7 Å². The number of amides is 2. The Morgan fingerprint density at radius 2 is 2.07 bits per heavy atom. The number of fused-ring (bicyclic) bond motifs is 1. The fourth-order valence-corrected chi connectivity index (χ4v) is 7.56. The number of hydrogen-bond donors (Lipinski definition) is 1. The average Bonchev–Trinajstić information content (AvgIpc) is 3.03. The molecule has 30 heavy (non-hydrogen) atoms. The van der Waals surface area contributed by atoms with Crippen molar-refractivity contribution in [2.45, 2.75) is 44.1 Å². The van der Waals surface area contributed by atoms with E-state index in [9.17, 15) is 18.0 Å². The number of halogens is 1. The summed E-state index contributed by atoms with van der Waals surface area (Å²) in [6.45, 7) is 5.38. The van der Waals surface area contributed by atoms with E-state index in [0.29, 0.717) is 5.17 Å². The van der Waals surface area contributed by atoms with Gasteiger partial charge in [-0.15, -0.1) is 0 Å². The van der Waals surface area contributed by atoms with Crippen LogP contribution in [-0.2, 0) is 19.4 Å². The van der Waals surface area contributed by atoms with Crippen LogP contribution < -0.4 is 10.2 Å². The molecule has 0 bridgehead atoms. The number of sulfone groups is 1. The Balaban J connectivity index is 1.71. The smallest absolute Gasteiger partial charge is 0.407 e. The SMILES string of the molecule is CC(C)(C)OC(=O)NCCC(=O)N=C1S[C@H]2CS(=O)(=O)C[C@H]2N1c1cccc(Br)c1. The second kappa shape index (κ2) is 8.88. The van der Waals surface area contributed by atoms with Gasteiger partial charge >= 0.3 is 6.09 Å². The van der Waals surface area contributed by atoms with Crippen molar-refractivity contribution in [1.82, 2.24) is 5.32 Å². The van der Waals surface area contributed by atoms with E-state index in [4.69, 9.17) is 4.74 Å². The number of amidine groups is 1. The lowest BCUT2D eigenvalue weighted by atomic mass is 10.2. The summed E-state index contributed by atoms with van der Waals surface area (Å²) in [5.41, 5.74) is 0.164. The summed E-state index contributed by atoms with van der Waals surface area (Å²) in [5.74, 6) is -0.290. The van der Waals surface area contributed by atoms with Crippen molar-refractivity contribution in [2.24, 2.45) is 4.99 Å². The number of carbonyl (C=O) groups excluding carboxylic acids is 2. The zero-order valence-electron chi connectivity index (χ0n) is 16.9. The number of nitrogens with one attached hydrogen (secondary N) is 1. The van der Waals surface area contributed by atoms with Gasteiger partial charge < -0.3 is 15.0 Å². The molecule has 164 valence electrons. The quantitative estimate of drug-likeness (QED) is 0.654. The van der Waals surface area contributed by atoms with Gasteiger partial charge in [-0.05, 0) is 39.0 Å². The molecule has 2 aliphatic rings. The topological polar surface area (TPSA) is 105 Å². The Morgan fingerprint density at radius 3 is 2.73 bits per heavy atom. The maximum Gasteiger partial charge on any atom is 0.407 e. The minimum Gasteiger partial charge on any atom is -0.444 e. The number of rotatable bonds is 4. The first-order chi connectivity index (χ1) is 13.9. The number of benzene rings is 1. The summed E-state index contributed by atoms with van der Waals surface area (Å²) in [6, 6.07) is 7.20. The van der Waals surface area contributed by atoms with E-state index in [2.05, 4.69) is 26.2 Å². The molecule has 2 aliphatic heterocycles. The van der Waals surface area contributed by atoms with Gasteiger partial charge in [-0.2, -0.15) is 4.99 Å². The molecule has 2 atom stereocenters. The standard InChI is InChI=1S/C19H24BrN3O5S2/c1-19(2,3)28-18(25)21-8-7-16(24)22-17-23(13-6-4-5-12(20)9-13)14-10-30(26,27)11-15(14)29-17/h4-6,9,14-15H,7-8,10-11H2,1-3H3,(H,21,25)/t14-,15+/m1/s1. The Kier molecular flexibility index (Phi) is 6.83. The largest absolute Gasteiger partial charge is 0.444 e. The second-order valence-corrected chi connectivity index (χ2v) is 12.4. The van der Waals surface area contributed by atoms with Gasteiger partial charge in [0, 0.05) is 28.4 Å². The van der Waals surface area contributed by atoms with Gasteiger partial charge in [-0.3, -0.25) is 4.79 Å². The lowest BCUT2D eigenvalue weighted by Crippen LogP contribution is -2.37. The number of ether oxygens (including phenoxy) is 1. The summed E-state index contributed by atoms with van der Waals surface area (Å²) in [6.07, 6.45) is -0.572. The maximum absolute atomic E-state index is 12.4. The number of hydrogen-bond acceptors (Lipinski definition) is 6. The highest BCUT2D eigenvalue weighted by atomic mass is 79.9. The molecule has 2 saturated heterocycles. The molecule has 1 aromatic carbocycles. The third kappa shape index (κ3) is 5.98. The normalized spacial score (nSPS) is 24.0. The average molecular weight is 518 g/mol. The number of aliphatic imine (C=N–C) groups is 1. The van der Waals surface area contributed by atoms with E-state index in [1.165, 1.54) is 11.8 Å². The van der Waals surface area contributed by atoms with E-state index in [-0.39, 0.29) is 35.8 Å². The van der Waals surface area contributed by atoms with Gasteiger partial charge in [0.1, 0.15) is 5.60 Å². The number of carbonyl (C=O) groups is 2. The molecule has 0 aliphatic carbocycles. The molecule has 8 nitrogen and oxygen atoms in total. The fraction of sp³-hybridized carbons (Fsp3) is 0.526. The van der Waals surface area contributed by atoms with Crippen LogP contribution in [0.5, 0.6) is 0 Å². The number of anilines is 1. The Bertz CT molecular complexity index is 975. The molecule has 0 unspecified atom stereocenters. The van der Waals surface area contributed by atoms with Crippen LogP contribution in [0.25, 0.3) is 0 Å². The molecule has 2 fully saturated rings. The Labute approximate surface area is 188 Å². The van der Waals surface area contributed by atoms with E-state index < -0.39 is 27.4 Å². The number of thioether (sulfide) groups is 1. The van der Waals surface area contributed by atoms with Gasteiger partial charge in [0.2, 0.25) is 5.91 Å². The molecule has 3 rings (SSSR count). The van der Waals surface area contributed by atoms with Gasteiger partial charge in [0.05, 0.1) is 17.5 Å². The molecule has 2 heterocycles. The lowest BCUT2D eigenvalue weighted by molar-refractivity contribution is -0.117. The first-order valence-electron chi connectivity index (χ1n) is 9.44. The highest BCUT2D eigenvalue weighted by molar-refractivity contribution is 9.10. The summed E-state index contributed by atoms with van der Waals surface area (Å²) in [5, 5.41) is 2.86. The van der Waals surface area contributed by atoms with Gasteiger partial charge in [0.15, 0.2) is 15.0 Å². The molecular weight excluding hydrogens is 494 g/mol. The Morgan fingerprint density at radius 1 is 1.33 bits per heavy atom. The summed E-state index contributed by atoms with van der Waals surface area (Å²) in [7, 11) is -3.12. The van der Waals surface area contributed by atoms with Crippen molar-refractivity contribution in [3.63, 3.8) is 0 Å². The predicted molar refractivity (Wildman–Crippen MR) is 122 cm³/mol. The summed E-state index contributed by atoms with van der Waals surface area (Å²) < 4.78 is 30.2. The lowest BCUT2D eigenvalue weighted by Gasteiger charge is -2.24. The second-order valence-electron chi connectivity index (χ2n) is 8.12. The maximum atomic E-state index is 12.4. The van der Waals surface area contributed by atoms with E-state index in [0.717, 1.165) is 10.2 Å². The van der Waals surface area contributed by atoms with Crippen LogP contribution >= 0.6 is 27.7 Å². The van der Waals surface area contributed by atoms with Gasteiger partial charge in [-0.25, -0.2) is 13.2 Å². The molecule has 2 amide bonds. The van der Waals surface area contributed by atoms with Crippen LogP contribution in [0.15, 0.2) is 33.7 Å². The summed E-state index contributed by atoms with van der Waals surface area (Å²) in [4.78, 5) is 30.2. The van der Waals surface area contributed by atoms with Crippen molar-refractivity contribution >= 4 is 60.4 Å². The van der Waals surface area contributed by atoms with Crippen LogP contribution in [0.1, 0.15) is 27.2 Å². The zero-order chi connectivity index (χ0) is 22.1. The molecular formula is C19H24BrN3O5S2. The first kappa shape index (κ1) is 23.1. The summed E-state index contributed by atoms with van der Waals surface area (Å²) >= 11 is 4.75. The molecule has 0 saturated carbocycles. The molecule has 0 aromatic heterocycles. The monoisotopic (exact) mass is 517 g/mol. The van der Waals surface area contributed by atoms with Gasteiger partial charge in [-0.1, -0.05) is 33.8 Å². The number of alkyl carbamates (subject to hydrolysis) is 1. The zero-order valence-corrected chi connectivity index (χ0v) is 20.1. The van der Waals surface area contributed by atoms with E-state index in [1.54, 1.807) is 20.8 Å². The van der Waals surface area contributed by atoms with Crippen LogP contribution in [0, 0.1) is 0 Å². The highest BCUT2D eigenvalue weighted by Crippen LogP contribution is 2.41. The van der Waals surface area contributed by atoms with E-state index in [1.807, 2.05) is 29.2 Å². The first-order valence-corrected chi connectivity index (χ1v) is 12.9. The van der Waals surface area contributed by atoms with Crippen molar-refractivity contribution < 1.29 is 22.7 Å². The van der Waals surface area contributed by atoms with Crippen LogP contribution in [0.4, 0.5) is 10.5 Å². The Hall–Kier alpha value is -1.59. The molecule has 11 heteroatoms. The predicted octanol–water partition coefficient (Wildman–Crippen LogP) is 2.97. The van der Waals surface area contributed by atoms with E-state index >= 15 is 0 Å². The number of nitrogens with zero attached hydrogens (tertiary/aromatic N) is 2. The highest BCUT2D eigenvalue weighted by Gasteiger charge is 2.49. The minimum atomic E-state index is -3.12. The third-order valence-electron chi connectivity index (χ3n) is 4.38. The van der Waals surface area contributed by atoms with Crippen LogP contribution in [0.2, 0.25) is 0 Å². The van der Waals surface area contributed by atoms with Crippen molar-refractivity contribution in [3.8, 4) is 0 Å². The molecule has 1 aromatic rings.